The van der Waals surface area contributed by atoms with Crippen LogP contribution in [0.25, 0.3) is 0 Å². The van der Waals surface area contributed by atoms with E-state index in [1.165, 1.54) is 0 Å². The molecule has 1 N–H and O–H groups in total. The van der Waals surface area contributed by atoms with Gasteiger partial charge in [0.15, 0.2) is 0 Å². The molecule has 0 aliphatic carbocycles. The van der Waals surface area contributed by atoms with Crippen LogP contribution in [0.1, 0.15) is 33.8 Å². The van der Waals surface area contributed by atoms with Gasteiger partial charge in [-0.2, -0.15) is 5.26 Å². The lowest BCUT2D eigenvalue weighted by atomic mass is 10.1. The number of hydrogen-bond donors (Lipinski definition) is 1. The van der Waals surface area contributed by atoms with Crippen molar-refractivity contribution in [3.8, 4) is 6.07 Å². The first kappa shape index (κ1) is 14.1. The van der Waals surface area contributed by atoms with E-state index < -0.39 is 0 Å². The highest BCUT2D eigenvalue weighted by molar-refractivity contribution is 6.21. The molecule has 4 heteroatoms. The van der Waals surface area contributed by atoms with E-state index in [-0.39, 0.29) is 11.3 Å². The monoisotopic (exact) mass is 284 g/mol. The SMILES string of the molecule is CC(Cl)c1ccccc1NC(=O)c1cccc(C#N)c1. The van der Waals surface area contributed by atoms with E-state index in [2.05, 4.69) is 5.32 Å². The molecular weight excluding hydrogens is 272 g/mol. The molecule has 0 saturated heterocycles. The fourth-order valence-corrected chi connectivity index (χ4v) is 2.07. The maximum atomic E-state index is 12.2. The fraction of sp³-hybridized carbons (Fsp3) is 0.125. The highest BCUT2D eigenvalue weighted by atomic mass is 35.5. The Labute approximate surface area is 122 Å². The number of carbonyl (C=O) groups is 1. The van der Waals surface area contributed by atoms with Crippen LogP contribution < -0.4 is 5.32 Å². The minimum atomic E-state index is -0.258. The third-order valence-electron chi connectivity index (χ3n) is 2.89. The minimum absolute atomic E-state index is 0.197. The van der Waals surface area contributed by atoms with Crippen LogP contribution in [-0.2, 0) is 0 Å². The Morgan fingerprint density at radius 3 is 2.70 bits per heavy atom. The van der Waals surface area contributed by atoms with Gasteiger partial charge < -0.3 is 5.32 Å². The van der Waals surface area contributed by atoms with Crippen LogP contribution in [-0.4, -0.2) is 5.91 Å². The van der Waals surface area contributed by atoms with Gasteiger partial charge in [-0.3, -0.25) is 4.79 Å². The van der Waals surface area contributed by atoms with Crippen molar-refractivity contribution in [2.24, 2.45) is 0 Å². The van der Waals surface area contributed by atoms with Crippen molar-refractivity contribution in [2.75, 3.05) is 5.32 Å². The molecule has 0 saturated carbocycles. The summed E-state index contributed by atoms with van der Waals surface area (Å²) in [4.78, 5) is 12.2. The van der Waals surface area contributed by atoms with Gasteiger partial charge in [0.05, 0.1) is 17.0 Å². The molecule has 0 spiro atoms. The quantitative estimate of drug-likeness (QED) is 0.862. The summed E-state index contributed by atoms with van der Waals surface area (Å²) in [6.45, 7) is 1.85. The van der Waals surface area contributed by atoms with Crippen molar-refractivity contribution in [1.82, 2.24) is 0 Å². The first-order valence-electron chi connectivity index (χ1n) is 6.16. The number of nitriles is 1. The van der Waals surface area contributed by atoms with Gasteiger partial charge in [0.1, 0.15) is 0 Å². The average molecular weight is 285 g/mol. The number of nitrogens with zero attached hydrogens (tertiary/aromatic N) is 1. The first-order valence-corrected chi connectivity index (χ1v) is 6.60. The molecule has 0 aliphatic heterocycles. The Hall–Kier alpha value is -2.31. The van der Waals surface area contributed by atoms with Crippen molar-refractivity contribution >= 4 is 23.2 Å². The van der Waals surface area contributed by atoms with Gasteiger partial charge in [-0.1, -0.05) is 24.3 Å². The van der Waals surface area contributed by atoms with Crippen LogP contribution in [0.3, 0.4) is 0 Å². The summed E-state index contributed by atoms with van der Waals surface area (Å²) in [5.74, 6) is -0.258. The summed E-state index contributed by atoms with van der Waals surface area (Å²) in [6.07, 6.45) is 0. The summed E-state index contributed by atoms with van der Waals surface area (Å²) < 4.78 is 0. The third kappa shape index (κ3) is 3.17. The van der Waals surface area contributed by atoms with E-state index in [0.717, 1.165) is 5.56 Å². The Bertz CT molecular complexity index is 674. The molecule has 1 unspecified atom stereocenters. The van der Waals surface area contributed by atoms with E-state index in [0.29, 0.717) is 16.8 Å². The van der Waals surface area contributed by atoms with Crippen molar-refractivity contribution < 1.29 is 4.79 Å². The molecule has 0 aliphatic rings. The molecule has 1 amide bonds. The van der Waals surface area contributed by atoms with Crippen molar-refractivity contribution in [3.63, 3.8) is 0 Å². The molecule has 0 aromatic heterocycles. The van der Waals surface area contributed by atoms with Crippen molar-refractivity contribution in [3.05, 3.63) is 65.2 Å². The number of hydrogen-bond acceptors (Lipinski definition) is 2. The molecule has 2 aromatic carbocycles. The van der Waals surface area contributed by atoms with E-state index >= 15 is 0 Å². The van der Waals surface area contributed by atoms with Crippen LogP contribution in [0.5, 0.6) is 0 Å². The maximum Gasteiger partial charge on any atom is 0.255 e. The highest BCUT2D eigenvalue weighted by Crippen LogP contribution is 2.27. The van der Waals surface area contributed by atoms with E-state index in [4.69, 9.17) is 16.9 Å². The van der Waals surface area contributed by atoms with Gasteiger partial charge in [-0.25, -0.2) is 0 Å². The lowest BCUT2D eigenvalue weighted by Crippen LogP contribution is -2.13. The molecule has 2 aromatic rings. The number of amides is 1. The Balaban J connectivity index is 2.26. The van der Waals surface area contributed by atoms with Gasteiger partial charge in [-0.05, 0) is 36.8 Å². The van der Waals surface area contributed by atoms with Gasteiger partial charge in [0, 0.05) is 11.3 Å². The maximum absolute atomic E-state index is 12.2. The van der Waals surface area contributed by atoms with E-state index in [9.17, 15) is 4.79 Å². The van der Waals surface area contributed by atoms with Gasteiger partial charge >= 0.3 is 0 Å². The lowest BCUT2D eigenvalue weighted by molar-refractivity contribution is 0.102. The number of alkyl halides is 1. The number of para-hydroxylation sites is 1. The molecule has 0 radical (unpaired) electrons. The zero-order valence-electron chi connectivity index (χ0n) is 10.9. The topological polar surface area (TPSA) is 52.9 Å². The summed E-state index contributed by atoms with van der Waals surface area (Å²) in [6, 6.07) is 16.0. The zero-order valence-corrected chi connectivity index (χ0v) is 11.7. The van der Waals surface area contributed by atoms with Gasteiger partial charge in [-0.15, -0.1) is 11.6 Å². The fourth-order valence-electron chi connectivity index (χ4n) is 1.88. The summed E-state index contributed by atoms with van der Waals surface area (Å²) in [5.41, 5.74) is 2.44. The largest absolute Gasteiger partial charge is 0.322 e. The number of anilines is 1. The number of carbonyl (C=O) groups excluding carboxylic acids is 1. The Morgan fingerprint density at radius 1 is 1.25 bits per heavy atom. The second kappa shape index (κ2) is 6.23. The molecule has 1 atom stereocenters. The van der Waals surface area contributed by atoms with E-state index in [1.54, 1.807) is 30.3 Å². The second-order valence-corrected chi connectivity index (χ2v) is 5.00. The van der Waals surface area contributed by atoms with Crippen LogP contribution in [0.15, 0.2) is 48.5 Å². The van der Waals surface area contributed by atoms with Crippen LogP contribution >= 0.6 is 11.6 Å². The number of nitrogens with one attached hydrogen (secondary N) is 1. The van der Waals surface area contributed by atoms with Crippen molar-refractivity contribution in [2.45, 2.75) is 12.3 Å². The summed E-state index contributed by atoms with van der Waals surface area (Å²) in [5, 5.41) is 11.5. The normalized spacial score (nSPS) is 11.4. The molecule has 0 fully saturated rings. The molecule has 20 heavy (non-hydrogen) atoms. The average Bonchev–Trinajstić information content (AvgIpc) is 2.47. The minimum Gasteiger partial charge on any atom is -0.322 e. The number of halogens is 1. The molecule has 0 heterocycles. The predicted octanol–water partition coefficient (Wildman–Crippen LogP) is 4.11. The standard InChI is InChI=1S/C16H13ClN2O/c1-11(17)14-7-2-3-8-15(14)19-16(20)13-6-4-5-12(9-13)10-18/h2-9,11H,1H3,(H,19,20). The second-order valence-electron chi connectivity index (χ2n) is 4.35. The number of benzene rings is 2. The zero-order chi connectivity index (χ0) is 14.5. The van der Waals surface area contributed by atoms with Gasteiger partial charge in [0.25, 0.3) is 5.91 Å². The Morgan fingerprint density at radius 2 is 2.00 bits per heavy atom. The molecule has 0 bridgehead atoms. The van der Waals surface area contributed by atoms with Crippen LogP contribution in [0.2, 0.25) is 0 Å². The van der Waals surface area contributed by atoms with Crippen LogP contribution in [0, 0.1) is 11.3 Å². The third-order valence-corrected chi connectivity index (χ3v) is 3.13. The summed E-state index contributed by atoms with van der Waals surface area (Å²) in [7, 11) is 0. The smallest absolute Gasteiger partial charge is 0.255 e. The Kier molecular flexibility index (Phi) is 4.39. The molecule has 100 valence electrons. The molecule has 3 nitrogen and oxygen atoms in total. The first-order chi connectivity index (χ1) is 9.61. The van der Waals surface area contributed by atoms with Gasteiger partial charge in [0.2, 0.25) is 0 Å². The van der Waals surface area contributed by atoms with Crippen LogP contribution in [0.4, 0.5) is 5.69 Å². The predicted molar refractivity (Wildman–Crippen MR) is 79.8 cm³/mol. The molecule has 2 rings (SSSR count). The highest BCUT2D eigenvalue weighted by Gasteiger charge is 2.11. The molecular formula is C16H13ClN2O. The summed E-state index contributed by atoms with van der Waals surface area (Å²) >= 11 is 6.09. The van der Waals surface area contributed by atoms with E-state index in [1.807, 2.05) is 31.2 Å². The number of rotatable bonds is 3. The lowest BCUT2D eigenvalue weighted by Gasteiger charge is -2.12. The van der Waals surface area contributed by atoms with Crippen molar-refractivity contribution in [1.29, 1.82) is 5.26 Å².